The van der Waals surface area contributed by atoms with Gasteiger partial charge in [-0.25, -0.2) is 0 Å². The van der Waals surface area contributed by atoms with E-state index in [0.717, 1.165) is 11.8 Å². The maximum atomic E-state index is 5.27. The first kappa shape index (κ1) is 8.49. The van der Waals surface area contributed by atoms with E-state index in [9.17, 15) is 0 Å². The van der Waals surface area contributed by atoms with Crippen molar-refractivity contribution in [1.82, 2.24) is 0 Å². The smallest absolute Gasteiger partial charge is 0.0716 e. The number of benzene rings is 1. The number of ether oxygens (including phenoxy) is 1. The van der Waals surface area contributed by atoms with E-state index >= 15 is 0 Å². The van der Waals surface area contributed by atoms with Gasteiger partial charge in [0.2, 0.25) is 0 Å². The fourth-order valence-electron chi connectivity index (χ4n) is 0.858. The maximum absolute atomic E-state index is 5.27. The van der Waals surface area contributed by atoms with Crippen molar-refractivity contribution in [2.24, 2.45) is 0 Å². The molecule has 1 rings (SSSR count). The van der Waals surface area contributed by atoms with Crippen molar-refractivity contribution in [3.05, 3.63) is 29.8 Å². The van der Waals surface area contributed by atoms with Crippen LogP contribution < -0.4 is 5.19 Å². The highest BCUT2D eigenvalue weighted by atomic mass is 28.1. The molecule has 0 fully saturated rings. The third-order valence-corrected chi connectivity index (χ3v) is 1.97. The van der Waals surface area contributed by atoms with Crippen LogP contribution >= 0.6 is 0 Å². The summed E-state index contributed by atoms with van der Waals surface area (Å²) < 4.78 is 5.27. The lowest BCUT2D eigenvalue weighted by Crippen LogP contribution is -2.10. The van der Waals surface area contributed by atoms with Gasteiger partial charge in [-0.2, -0.15) is 0 Å². The minimum absolute atomic E-state index is 0.691. The van der Waals surface area contributed by atoms with E-state index in [2.05, 4.69) is 16.3 Å². The van der Waals surface area contributed by atoms with Crippen molar-refractivity contribution in [3.8, 4) is 0 Å². The molecule has 0 atom stereocenters. The summed E-state index contributed by atoms with van der Waals surface area (Å²) in [6, 6.07) is 8.08. The SMILES string of the molecule is CCOCc1ccccc1[Si]. The fraction of sp³-hybridized carbons (Fsp3) is 0.333. The summed E-state index contributed by atoms with van der Waals surface area (Å²) in [7, 11) is 3.50. The zero-order valence-corrected chi connectivity index (χ0v) is 7.63. The number of hydrogen-bond donors (Lipinski definition) is 0. The maximum Gasteiger partial charge on any atom is 0.0716 e. The molecule has 1 nitrogen and oxygen atoms in total. The van der Waals surface area contributed by atoms with Crippen LogP contribution in [0.4, 0.5) is 0 Å². The first-order chi connectivity index (χ1) is 5.34. The standard InChI is InChI=1S/C9H11OSi/c1-2-10-7-8-5-3-4-6-9(8)11/h3-6H,2,7H2,1H3. The van der Waals surface area contributed by atoms with Crippen molar-refractivity contribution in [2.45, 2.75) is 13.5 Å². The van der Waals surface area contributed by atoms with Crippen LogP contribution in [0.2, 0.25) is 0 Å². The molecule has 1 aromatic rings. The Bertz CT molecular complexity index is 223. The average molecular weight is 163 g/mol. The number of hydrogen-bond acceptors (Lipinski definition) is 1. The molecule has 0 saturated carbocycles. The van der Waals surface area contributed by atoms with Gasteiger partial charge in [0, 0.05) is 6.61 Å². The topological polar surface area (TPSA) is 9.23 Å². The first-order valence-electron chi connectivity index (χ1n) is 3.72. The molecule has 11 heavy (non-hydrogen) atoms. The van der Waals surface area contributed by atoms with Crippen molar-refractivity contribution >= 4 is 15.4 Å². The second-order valence-electron chi connectivity index (χ2n) is 2.29. The second kappa shape index (κ2) is 4.31. The Kier molecular flexibility index (Phi) is 3.33. The van der Waals surface area contributed by atoms with Gasteiger partial charge in [-0.3, -0.25) is 0 Å². The van der Waals surface area contributed by atoms with Gasteiger partial charge in [-0.15, -0.1) is 0 Å². The Labute approximate surface area is 70.8 Å². The van der Waals surface area contributed by atoms with Crippen molar-refractivity contribution in [2.75, 3.05) is 6.61 Å². The molecule has 0 amide bonds. The Morgan fingerprint density at radius 2 is 2.09 bits per heavy atom. The zero-order valence-electron chi connectivity index (χ0n) is 6.63. The molecule has 0 bridgehead atoms. The molecule has 0 spiro atoms. The first-order valence-corrected chi connectivity index (χ1v) is 4.22. The summed E-state index contributed by atoms with van der Waals surface area (Å²) in [4.78, 5) is 0. The molecule has 3 radical (unpaired) electrons. The van der Waals surface area contributed by atoms with E-state index in [1.54, 1.807) is 0 Å². The Hall–Kier alpha value is -0.603. The molecule has 0 unspecified atom stereocenters. The van der Waals surface area contributed by atoms with Crippen LogP contribution in [0.25, 0.3) is 0 Å². The predicted molar refractivity (Wildman–Crippen MR) is 47.2 cm³/mol. The molecule has 0 saturated heterocycles. The Morgan fingerprint density at radius 3 is 2.73 bits per heavy atom. The van der Waals surface area contributed by atoms with Crippen molar-refractivity contribution in [3.63, 3.8) is 0 Å². The van der Waals surface area contributed by atoms with Crippen molar-refractivity contribution < 1.29 is 4.74 Å². The summed E-state index contributed by atoms with van der Waals surface area (Å²) in [5, 5.41) is 1.11. The van der Waals surface area contributed by atoms with E-state index in [-0.39, 0.29) is 0 Å². The highest BCUT2D eigenvalue weighted by Gasteiger charge is 1.94. The Morgan fingerprint density at radius 1 is 1.36 bits per heavy atom. The van der Waals surface area contributed by atoms with Crippen LogP contribution in [0.3, 0.4) is 0 Å². The van der Waals surface area contributed by atoms with Gasteiger partial charge in [-0.1, -0.05) is 29.5 Å². The summed E-state index contributed by atoms with van der Waals surface area (Å²) in [6.45, 7) is 3.45. The number of rotatable bonds is 3. The van der Waals surface area contributed by atoms with E-state index < -0.39 is 0 Å². The molecular weight excluding hydrogens is 152 g/mol. The van der Waals surface area contributed by atoms with Gasteiger partial charge in [0.05, 0.1) is 16.8 Å². The third kappa shape index (κ3) is 2.48. The minimum Gasteiger partial charge on any atom is -0.377 e. The lowest BCUT2D eigenvalue weighted by atomic mass is 10.2. The van der Waals surface area contributed by atoms with Gasteiger partial charge in [0.25, 0.3) is 0 Å². The van der Waals surface area contributed by atoms with E-state index in [1.807, 2.05) is 25.1 Å². The Balaban J connectivity index is 2.62. The van der Waals surface area contributed by atoms with E-state index in [0.29, 0.717) is 6.61 Å². The molecule has 0 aliphatic rings. The summed E-state index contributed by atoms with van der Waals surface area (Å²) in [5.74, 6) is 0. The quantitative estimate of drug-likeness (QED) is 0.604. The van der Waals surface area contributed by atoms with E-state index in [1.165, 1.54) is 5.56 Å². The molecular formula is C9H11OSi. The van der Waals surface area contributed by atoms with Crippen LogP contribution in [0.5, 0.6) is 0 Å². The van der Waals surface area contributed by atoms with Crippen LogP contribution in [0.1, 0.15) is 12.5 Å². The van der Waals surface area contributed by atoms with Gasteiger partial charge in [0.1, 0.15) is 0 Å². The van der Waals surface area contributed by atoms with Crippen LogP contribution in [-0.2, 0) is 11.3 Å². The highest BCUT2D eigenvalue weighted by Crippen LogP contribution is 1.96. The molecule has 2 heteroatoms. The molecule has 0 aliphatic carbocycles. The molecule has 0 heterocycles. The summed E-state index contributed by atoms with van der Waals surface area (Å²) in [5.41, 5.74) is 1.20. The van der Waals surface area contributed by atoms with Gasteiger partial charge in [-0.05, 0) is 12.5 Å². The van der Waals surface area contributed by atoms with Crippen LogP contribution in [0, 0.1) is 0 Å². The van der Waals surface area contributed by atoms with Gasteiger partial charge in [0.15, 0.2) is 0 Å². The van der Waals surface area contributed by atoms with Crippen LogP contribution in [-0.4, -0.2) is 16.8 Å². The molecule has 0 aliphatic heterocycles. The zero-order chi connectivity index (χ0) is 8.10. The van der Waals surface area contributed by atoms with Crippen LogP contribution in [0.15, 0.2) is 24.3 Å². The normalized spacial score (nSPS) is 10.0. The summed E-state index contributed by atoms with van der Waals surface area (Å²) in [6.07, 6.45) is 0. The van der Waals surface area contributed by atoms with E-state index in [4.69, 9.17) is 4.74 Å². The lowest BCUT2D eigenvalue weighted by Gasteiger charge is -2.03. The predicted octanol–water partition coefficient (Wildman–Crippen LogP) is 1.02. The van der Waals surface area contributed by atoms with Gasteiger partial charge >= 0.3 is 0 Å². The van der Waals surface area contributed by atoms with Crippen molar-refractivity contribution in [1.29, 1.82) is 0 Å². The average Bonchev–Trinajstić information content (AvgIpc) is 2.03. The fourth-order valence-corrected chi connectivity index (χ4v) is 1.11. The largest absolute Gasteiger partial charge is 0.377 e. The highest BCUT2D eigenvalue weighted by molar-refractivity contribution is 6.33. The second-order valence-corrected chi connectivity index (χ2v) is 2.83. The minimum atomic E-state index is 0.691. The molecule has 1 aromatic carbocycles. The summed E-state index contributed by atoms with van der Waals surface area (Å²) >= 11 is 0. The third-order valence-electron chi connectivity index (χ3n) is 1.48. The monoisotopic (exact) mass is 163 g/mol. The molecule has 57 valence electrons. The lowest BCUT2D eigenvalue weighted by molar-refractivity contribution is 0.134. The van der Waals surface area contributed by atoms with Gasteiger partial charge < -0.3 is 4.74 Å². The molecule has 0 aromatic heterocycles. The molecule has 0 N–H and O–H groups in total.